The molecule has 1 aromatic rings. The second kappa shape index (κ2) is 8.62. The number of unbranched alkanes of at least 4 members (excludes halogenated alkanes) is 4. The molecule has 3 heteroatoms. The third kappa shape index (κ3) is 4.87. The number of halogens is 1. The lowest BCUT2D eigenvalue weighted by atomic mass is 9.92. The van der Waals surface area contributed by atoms with Gasteiger partial charge in [0.05, 0.1) is 11.5 Å². The Morgan fingerprint density at radius 1 is 1.10 bits per heavy atom. The monoisotopic (exact) mass is 278 g/mol. The molecule has 20 heavy (non-hydrogen) atoms. The number of carbonyl (C=O) groups excluding carboxylic acids is 2. The number of hydrogen-bond acceptors (Lipinski definition) is 2. The van der Waals surface area contributed by atoms with Crippen LogP contribution in [0.3, 0.4) is 0 Å². The summed E-state index contributed by atoms with van der Waals surface area (Å²) in [6.07, 6.45) is 5.70. The highest BCUT2D eigenvalue weighted by Crippen LogP contribution is 2.16. The Bertz CT molecular complexity index is 454. The lowest BCUT2D eigenvalue weighted by Gasteiger charge is -2.10. The summed E-state index contributed by atoms with van der Waals surface area (Å²) in [6.45, 7) is 3.71. The molecule has 0 aromatic heterocycles. The van der Waals surface area contributed by atoms with Gasteiger partial charge in [0.2, 0.25) is 0 Å². The van der Waals surface area contributed by atoms with Crippen molar-refractivity contribution in [2.45, 2.75) is 52.4 Å². The fourth-order valence-electron chi connectivity index (χ4n) is 2.16. The van der Waals surface area contributed by atoms with E-state index in [2.05, 4.69) is 6.92 Å². The molecule has 0 aliphatic rings. The van der Waals surface area contributed by atoms with Gasteiger partial charge in [-0.25, -0.2) is 4.39 Å². The first-order valence-electron chi connectivity index (χ1n) is 7.39. The van der Waals surface area contributed by atoms with Crippen LogP contribution in [0.5, 0.6) is 0 Å². The maximum atomic E-state index is 13.5. The number of benzene rings is 1. The summed E-state index contributed by atoms with van der Waals surface area (Å²) < 4.78 is 13.5. The molecule has 0 aliphatic carbocycles. The predicted octanol–water partition coefficient (Wildman–Crippen LogP) is 4.57. The fraction of sp³-hybridized carbons (Fsp3) is 0.529. The predicted molar refractivity (Wildman–Crippen MR) is 78.3 cm³/mol. The molecule has 0 heterocycles. The van der Waals surface area contributed by atoms with Crippen molar-refractivity contribution in [1.82, 2.24) is 0 Å². The van der Waals surface area contributed by atoms with E-state index in [1.54, 1.807) is 13.0 Å². The molecule has 2 nitrogen and oxygen atoms in total. The number of carbonyl (C=O) groups is 2. The van der Waals surface area contributed by atoms with Gasteiger partial charge in [0.1, 0.15) is 11.6 Å². The Kier molecular flexibility index (Phi) is 7.13. The number of Topliss-reactive ketones (excluding diaryl/α,β-unsaturated/α-hetero) is 2. The molecule has 1 rings (SSSR count). The van der Waals surface area contributed by atoms with Gasteiger partial charge in [-0.05, 0) is 25.5 Å². The number of ketones is 2. The van der Waals surface area contributed by atoms with Crippen LogP contribution < -0.4 is 0 Å². The average molecular weight is 278 g/mol. The standard InChI is InChI=1S/C17H23FO2/c1-3-4-5-6-7-12-16(19)13(2)17(20)14-10-8-9-11-15(14)18/h8-11,13H,3-7,12H2,1-2H3. The smallest absolute Gasteiger partial charge is 0.175 e. The fourth-order valence-corrected chi connectivity index (χ4v) is 2.16. The van der Waals surface area contributed by atoms with Gasteiger partial charge in [-0.1, -0.05) is 44.7 Å². The highest BCUT2D eigenvalue weighted by Gasteiger charge is 2.24. The lowest BCUT2D eigenvalue weighted by molar-refractivity contribution is -0.121. The Morgan fingerprint density at radius 3 is 2.40 bits per heavy atom. The topological polar surface area (TPSA) is 34.1 Å². The molecule has 0 fully saturated rings. The van der Waals surface area contributed by atoms with Crippen LogP contribution in [-0.4, -0.2) is 11.6 Å². The van der Waals surface area contributed by atoms with Crippen LogP contribution in [0, 0.1) is 11.7 Å². The van der Waals surface area contributed by atoms with Gasteiger partial charge in [-0.3, -0.25) is 9.59 Å². The summed E-state index contributed by atoms with van der Waals surface area (Å²) in [6, 6.07) is 5.82. The molecule has 0 saturated heterocycles. The van der Waals surface area contributed by atoms with Crippen molar-refractivity contribution in [3.63, 3.8) is 0 Å². The summed E-state index contributed by atoms with van der Waals surface area (Å²) in [5, 5.41) is 0. The summed E-state index contributed by atoms with van der Waals surface area (Å²) in [4.78, 5) is 24.0. The van der Waals surface area contributed by atoms with E-state index in [9.17, 15) is 14.0 Å². The molecule has 0 radical (unpaired) electrons. The molecule has 110 valence electrons. The van der Waals surface area contributed by atoms with Crippen molar-refractivity contribution in [2.24, 2.45) is 5.92 Å². The van der Waals surface area contributed by atoms with Gasteiger partial charge in [-0.15, -0.1) is 0 Å². The minimum absolute atomic E-state index is 0.0133. The number of rotatable bonds is 9. The zero-order valence-corrected chi connectivity index (χ0v) is 12.3. The molecule has 1 atom stereocenters. The van der Waals surface area contributed by atoms with E-state index in [0.29, 0.717) is 6.42 Å². The first kappa shape index (κ1) is 16.5. The maximum Gasteiger partial charge on any atom is 0.175 e. The molecular weight excluding hydrogens is 255 g/mol. The van der Waals surface area contributed by atoms with Crippen molar-refractivity contribution in [3.8, 4) is 0 Å². The van der Waals surface area contributed by atoms with E-state index in [-0.39, 0.29) is 11.3 Å². The van der Waals surface area contributed by atoms with E-state index >= 15 is 0 Å². The quantitative estimate of drug-likeness (QED) is 0.376. The van der Waals surface area contributed by atoms with Gasteiger partial charge < -0.3 is 0 Å². The van der Waals surface area contributed by atoms with Crippen LogP contribution >= 0.6 is 0 Å². The minimum atomic E-state index is -0.752. The van der Waals surface area contributed by atoms with Crippen LogP contribution in [-0.2, 0) is 4.79 Å². The van der Waals surface area contributed by atoms with Crippen molar-refractivity contribution in [2.75, 3.05) is 0 Å². The number of hydrogen-bond donors (Lipinski definition) is 0. The molecule has 0 N–H and O–H groups in total. The van der Waals surface area contributed by atoms with Crippen molar-refractivity contribution in [1.29, 1.82) is 0 Å². The van der Waals surface area contributed by atoms with E-state index in [1.807, 2.05) is 0 Å². The van der Waals surface area contributed by atoms with Gasteiger partial charge in [-0.2, -0.15) is 0 Å². The summed E-state index contributed by atoms with van der Waals surface area (Å²) >= 11 is 0. The first-order chi connectivity index (χ1) is 9.57. The van der Waals surface area contributed by atoms with Crippen LogP contribution in [0.2, 0.25) is 0 Å². The van der Waals surface area contributed by atoms with Gasteiger partial charge in [0.25, 0.3) is 0 Å². The van der Waals surface area contributed by atoms with Crippen molar-refractivity contribution < 1.29 is 14.0 Å². The first-order valence-corrected chi connectivity index (χ1v) is 7.39. The molecule has 1 unspecified atom stereocenters. The van der Waals surface area contributed by atoms with Gasteiger partial charge in [0, 0.05) is 6.42 Å². The third-order valence-corrected chi connectivity index (χ3v) is 3.54. The van der Waals surface area contributed by atoms with Crippen molar-refractivity contribution >= 4 is 11.6 Å². The second-order valence-corrected chi connectivity index (χ2v) is 5.20. The Hall–Kier alpha value is -1.51. The van der Waals surface area contributed by atoms with E-state index < -0.39 is 17.5 Å². The minimum Gasteiger partial charge on any atom is -0.299 e. The zero-order chi connectivity index (χ0) is 15.0. The molecule has 1 aromatic carbocycles. The molecule has 0 saturated carbocycles. The van der Waals surface area contributed by atoms with E-state index in [1.165, 1.54) is 24.6 Å². The summed E-state index contributed by atoms with van der Waals surface area (Å²) in [7, 11) is 0. The Balaban J connectivity index is 2.48. The van der Waals surface area contributed by atoms with Crippen LogP contribution in [0.1, 0.15) is 62.7 Å². The molecule has 0 spiro atoms. The van der Waals surface area contributed by atoms with Crippen LogP contribution in [0.4, 0.5) is 4.39 Å². The van der Waals surface area contributed by atoms with Crippen LogP contribution in [0.15, 0.2) is 24.3 Å². The highest BCUT2D eigenvalue weighted by molar-refractivity contribution is 6.10. The molecule has 0 amide bonds. The Morgan fingerprint density at radius 2 is 1.75 bits per heavy atom. The zero-order valence-electron chi connectivity index (χ0n) is 12.3. The molecular formula is C17H23FO2. The third-order valence-electron chi connectivity index (χ3n) is 3.54. The van der Waals surface area contributed by atoms with E-state index in [4.69, 9.17) is 0 Å². The van der Waals surface area contributed by atoms with Crippen LogP contribution in [0.25, 0.3) is 0 Å². The lowest BCUT2D eigenvalue weighted by Crippen LogP contribution is -2.22. The molecule has 0 aliphatic heterocycles. The molecule has 0 bridgehead atoms. The van der Waals surface area contributed by atoms with Crippen molar-refractivity contribution in [3.05, 3.63) is 35.6 Å². The Labute approximate surface area is 120 Å². The largest absolute Gasteiger partial charge is 0.299 e. The normalized spacial score (nSPS) is 12.2. The summed E-state index contributed by atoms with van der Waals surface area (Å²) in [5.41, 5.74) is 0.0133. The highest BCUT2D eigenvalue weighted by atomic mass is 19.1. The van der Waals surface area contributed by atoms with Gasteiger partial charge >= 0.3 is 0 Å². The second-order valence-electron chi connectivity index (χ2n) is 5.20. The average Bonchev–Trinajstić information content (AvgIpc) is 2.46. The SMILES string of the molecule is CCCCCCCC(=O)C(C)C(=O)c1ccccc1F. The van der Waals surface area contributed by atoms with Gasteiger partial charge in [0.15, 0.2) is 5.78 Å². The van der Waals surface area contributed by atoms with E-state index in [0.717, 1.165) is 25.7 Å². The summed E-state index contributed by atoms with van der Waals surface area (Å²) in [5.74, 6) is -1.81. The maximum absolute atomic E-state index is 13.5.